The molecule has 0 fully saturated rings. The van der Waals surface area contributed by atoms with Gasteiger partial charge in [-0.15, -0.1) is 0 Å². The molecule has 8 nitrogen and oxygen atoms in total. The van der Waals surface area contributed by atoms with E-state index in [1.807, 2.05) is 0 Å². The first-order chi connectivity index (χ1) is 6.89. The zero-order valence-electron chi connectivity index (χ0n) is 7.83. The van der Waals surface area contributed by atoms with E-state index in [0.717, 1.165) is 0 Å². The molecule has 0 atom stereocenters. The zero-order valence-corrected chi connectivity index (χ0v) is 8.83. The van der Waals surface area contributed by atoms with Gasteiger partial charge in [0.05, 0.1) is 0 Å². The fraction of sp³-hybridized carbons (Fsp3) is 0.667. The summed E-state index contributed by atoms with van der Waals surface area (Å²) in [6.07, 6.45) is -1.07. The second-order valence-electron chi connectivity index (χ2n) is 2.74. The van der Waals surface area contributed by atoms with Gasteiger partial charge in [-0.1, -0.05) is 0 Å². The van der Waals surface area contributed by atoms with Crippen LogP contribution < -0.4 is 0 Å². The van der Waals surface area contributed by atoms with Gasteiger partial charge in [-0.3, -0.25) is 0 Å². The van der Waals surface area contributed by atoms with E-state index in [1.165, 1.54) is 0 Å². The van der Waals surface area contributed by atoms with Crippen LogP contribution in [0.3, 0.4) is 0 Å². The van der Waals surface area contributed by atoms with Gasteiger partial charge in [0.15, 0.2) is 0 Å². The average molecular weight is 246 g/mol. The number of aliphatic carboxylic acids is 2. The van der Waals surface area contributed by atoms with E-state index in [1.54, 1.807) is 0 Å². The number of hydrogen-bond donors (Lipinski definition) is 6. The third kappa shape index (κ3) is 7.18. The van der Waals surface area contributed by atoms with E-state index in [-0.39, 0.29) is 25.4 Å². The van der Waals surface area contributed by atoms with E-state index in [9.17, 15) is 0 Å². The predicted molar refractivity (Wildman–Crippen MR) is 51.9 cm³/mol. The molecule has 0 unspecified atom stereocenters. The number of hydrogen-bond acceptors (Lipinski definition) is 6. The van der Waals surface area contributed by atoms with Crippen LogP contribution in [0.4, 0.5) is 0 Å². The molecule has 15 heavy (non-hydrogen) atoms. The van der Waals surface area contributed by atoms with E-state index in [2.05, 4.69) is 0 Å². The summed E-state index contributed by atoms with van der Waals surface area (Å²) in [5.41, 5.74) is 0. The molecule has 92 valence electrons. The summed E-state index contributed by atoms with van der Waals surface area (Å²) in [4.78, 5) is 18.2. The second-order valence-corrected chi connectivity index (χ2v) is 7.01. The van der Waals surface area contributed by atoms with Crippen molar-refractivity contribution in [2.24, 2.45) is 0 Å². The molecule has 9 heteroatoms. The molecule has 0 aromatic carbocycles. The molecule has 0 aliphatic heterocycles. The van der Waals surface area contributed by atoms with Crippen molar-refractivity contribution >= 4 is 19.2 Å². The Morgan fingerprint density at radius 3 is 0.933 bits per heavy atom. The van der Waals surface area contributed by atoms with Gasteiger partial charge in [-0.2, -0.15) is 0 Å². The van der Waals surface area contributed by atoms with E-state index < -0.39 is 19.2 Å². The first-order valence-corrected chi connectivity index (χ1v) is 6.61. The summed E-state index contributed by atoms with van der Waals surface area (Å²) in [6.45, 7) is 0. The van der Waals surface area contributed by atoms with Crippen LogP contribution >= 0.6 is 7.26 Å². The van der Waals surface area contributed by atoms with Crippen molar-refractivity contribution in [3.63, 3.8) is 0 Å². The summed E-state index contributed by atoms with van der Waals surface area (Å²) in [5, 5.41) is 49.0. The van der Waals surface area contributed by atoms with Crippen molar-refractivity contribution in [2.45, 2.75) is 0 Å². The van der Waals surface area contributed by atoms with Gasteiger partial charge in [0.1, 0.15) is 0 Å². The Bertz CT molecular complexity index is 172. The second kappa shape index (κ2) is 8.51. The summed E-state index contributed by atoms with van der Waals surface area (Å²) in [5.74, 6) is -3.65. The Balaban J connectivity index is 0. The van der Waals surface area contributed by atoms with Crippen LogP contribution in [-0.4, -0.2) is 68.0 Å². The quantitative estimate of drug-likeness (QED) is 0.239. The van der Waals surface area contributed by atoms with Crippen molar-refractivity contribution in [1.29, 1.82) is 0 Å². The van der Waals surface area contributed by atoms with Gasteiger partial charge in [0, 0.05) is 0 Å². The maximum absolute atomic E-state index is 9.10. The van der Waals surface area contributed by atoms with Gasteiger partial charge in [0.2, 0.25) is 0 Å². The van der Waals surface area contributed by atoms with E-state index >= 15 is 0 Å². The fourth-order valence-corrected chi connectivity index (χ4v) is 0.900. The molecular weight excluding hydrogens is 231 g/mol. The van der Waals surface area contributed by atoms with Gasteiger partial charge < -0.3 is 10.2 Å². The molecule has 0 aromatic rings. The minimum atomic E-state index is -2.47. The zero-order chi connectivity index (χ0) is 12.5. The number of aliphatic hydroxyl groups excluding tert-OH is 4. The van der Waals surface area contributed by atoms with Crippen LogP contribution in [-0.2, 0) is 9.59 Å². The van der Waals surface area contributed by atoms with Crippen molar-refractivity contribution < 1.29 is 40.2 Å². The number of aliphatic hydroxyl groups is 4. The number of carbonyl (C=O) groups is 2. The summed E-state index contributed by atoms with van der Waals surface area (Å²) < 4.78 is 0. The van der Waals surface area contributed by atoms with Crippen molar-refractivity contribution in [3.8, 4) is 0 Å². The van der Waals surface area contributed by atoms with Gasteiger partial charge in [-0.25, -0.2) is 9.59 Å². The Labute approximate surface area is 85.7 Å². The summed E-state index contributed by atoms with van der Waals surface area (Å²) >= 11 is 0. The Morgan fingerprint density at radius 2 is 0.933 bits per heavy atom. The van der Waals surface area contributed by atoms with Crippen LogP contribution in [0.5, 0.6) is 0 Å². The topological polar surface area (TPSA) is 156 Å². The Hall–Kier alpha value is -0.790. The molecule has 0 rings (SSSR count). The summed E-state index contributed by atoms with van der Waals surface area (Å²) in [7, 11) is -2.47. The normalized spacial score (nSPS) is 11.2. The average Bonchev–Trinajstić information content (AvgIpc) is 2.23. The van der Waals surface area contributed by atoms with Gasteiger partial charge in [-0.05, 0) is 0 Å². The molecule has 0 amide bonds. The predicted octanol–water partition coefficient (Wildman–Crippen LogP) is -2.31. The van der Waals surface area contributed by atoms with Gasteiger partial charge >= 0.3 is 65.0 Å². The SMILES string of the molecule is O=C(O)C(=O)O.OC[PH](CO)(CO)CO. The van der Waals surface area contributed by atoms with Gasteiger partial charge in [0.25, 0.3) is 0 Å². The molecule has 0 aliphatic rings. The van der Waals surface area contributed by atoms with Crippen LogP contribution in [0.25, 0.3) is 0 Å². The van der Waals surface area contributed by atoms with E-state index in [4.69, 9.17) is 40.2 Å². The van der Waals surface area contributed by atoms with E-state index in [0.29, 0.717) is 0 Å². The number of rotatable bonds is 4. The summed E-state index contributed by atoms with van der Waals surface area (Å²) in [6, 6.07) is 0. The van der Waals surface area contributed by atoms with Crippen molar-refractivity contribution in [3.05, 3.63) is 0 Å². The van der Waals surface area contributed by atoms with Crippen LogP contribution in [0.15, 0.2) is 0 Å². The standard InChI is InChI=1S/C4H13O4P.C2H2O4/c5-1-9(2-6,3-7)4-8;3-1(4)2(5)6/h5-9H,1-4H2;(H,3,4)(H,5,6). The van der Waals surface area contributed by atoms with Crippen molar-refractivity contribution in [2.75, 3.05) is 25.4 Å². The van der Waals surface area contributed by atoms with Crippen LogP contribution in [0.1, 0.15) is 0 Å². The maximum atomic E-state index is 9.10. The minimum absolute atomic E-state index is 0.267. The molecule has 0 aromatic heterocycles. The number of carboxylic acids is 2. The molecule has 0 radical (unpaired) electrons. The fourth-order valence-electron chi connectivity index (χ4n) is 0.300. The third-order valence-electron chi connectivity index (χ3n) is 1.52. The molecule has 0 aliphatic carbocycles. The Morgan fingerprint density at radius 1 is 0.733 bits per heavy atom. The van der Waals surface area contributed by atoms with Crippen LogP contribution in [0.2, 0.25) is 0 Å². The van der Waals surface area contributed by atoms with Crippen LogP contribution in [0, 0.1) is 0 Å². The number of carboxylic acid groups (broad SMARTS) is 2. The third-order valence-corrected chi connectivity index (χ3v) is 4.21. The molecule has 0 bridgehead atoms. The molecule has 0 heterocycles. The molecule has 0 saturated heterocycles. The molecular formula is C6H15O8P. The molecule has 0 spiro atoms. The molecule has 0 saturated carbocycles. The first-order valence-electron chi connectivity index (χ1n) is 3.78. The van der Waals surface area contributed by atoms with Crippen molar-refractivity contribution in [1.82, 2.24) is 0 Å². The first kappa shape index (κ1) is 16.6. The Kier molecular flexibility index (Phi) is 9.44. The monoisotopic (exact) mass is 246 g/mol. The molecule has 6 N–H and O–H groups in total.